The summed E-state index contributed by atoms with van der Waals surface area (Å²) in [5.41, 5.74) is -0.231. The molecule has 3 heterocycles. The van der Waals surface area contributed by atoms with Crippen molar-refractivity contribution in [2.45, 2.75) is 57.2 Å². The number of carbonyl (C=O) groups excluding carboxylic acids is 1. The smallest absolute Gasteiger partial charge is 0.317 e. The van der Waals surface area contributed by atoms with Gasteiger partial charge in [0, 0.05) is 48.6 Å². The number of rotatable bonds is 5. The second-order valence-corrected chi connectivity index (χ2v) is 11.8. The van der Waals surface area contributed by atoms with Gasteiger partial charge in [-0.05, 0) is 43.7 Å². The van der Waals surface area contributed by atoms with Gasteiger partial charge in [0.25, 0.3) is 0 Å². The van der Waals surface area contributed by atoms with Crippen LogP contribution in [-0.2, 0) is 16.6 Å². The van der Waals surface area contributed by atoms with Crippen molar-refractivity contribution >= 4 is 27.4 Å². The van der Waals surface area contributed by atoms with Crippen molar-refractivity contribution in [3.63, 3.8) is 0 Å². The van der Waals surface area contributed by atoms with Crippen LogP contribution >= 0.6 is 11.3 Å². The van der Waals surface area contributed by atoms with Crippen molar-refractivity contribution in [2.24, 2.45) is 5.41 Å². The van der Waals surface area contributed by atoms with Crippen molar-refractivity contribution < 1.29 is 13.2 Å². The first kappa shape index (κ1) is 21.1. The number of likely N-dealkylation sites (tertiary alicyclic amines) is 2. The Morgan fingerprint density at radius 3 is 2.72 bits per heavy atom. The highest BCUT2D eigenvalue weighted by Crippen LogP contribution is 2.40. The van der Waals surface area contributed by atoms with E-state index in [-0.39, 0.29) is 17.5 Å². The first-order chi connectivity index (χ1) is 13.8. The van der Waals surface area contributed by atoms with Crippen LogP contribution in [0.1, 0.15) is 43.4 Å². The lowest BCUT2D eigenvalue weighted by Gasteiger charge is -2.46. The number of amides is 2. The number of piperidine rings is 1. The SMILES string of the molecule is CS(=O)(=O)NC1CCN(C(=O)NC2CCCC2)CC12CCN(Cc1cccs1)C2. The van der Waals surface area contributed by atoms with Gasteiger partial charge in [0.05, 0.1) is 6.26 Å². The molecule has 2 N–H and O–H groups in total. The van der Waals surface area contributed by atoms with Gasteiger partial charge in [0.1, 0.15) is 0 Å². The summed E-state index contributed by atoms with van der Waals surface area (Å²) in [4.78, 5) is 18.5. The van der Waals surface area contributed by atoms with E-state index in [1.807, 2.05) is 4.90 Å². The summed E-state index contributed by atoms with van der Waals surface area (Å²) >= 11 is 1.75. The predicted molar refractivity (Wildman–Crippen MR) is 115 cm³/mol. The van der Waals surface area contributed by atoms with Crippen LogP contribution in [-0.4, -0.2) is 68.8 Å². The molecule has 1 aromatic rings. The van der Waals surface area contributed by atoms with Gasteiger partial charge in [0.2, 0.25) is 10.0 Å². The lowest BCUT2D eigenvalue weighted by atomic mass is 9.75. The van der Waals surface area contributed by atoms with Gasteiger partial charge < -0.3 is 10.2 Å². The molecule has 4 rings (SSSR count). The Balaban J connectivity index is 1.47. The van der Waals surface area contributed by atoms with Crippen LogP contribution in [0.4, 0.5) is 4.79 Å². The molecule has 2 saturated heterocycles. The highest BCUT2D eigenvalue weighted by Gasteiger charge is 2.49. The number of nitrogens with zero attached hydrogens (tertiary/aromatic N) is 2. The molecule has 2 amide bonds. The van der Waals surface area contributed by atoms with Gasteiger partial charge in [-0.2, -0.15) is 0 Å². The maximum absolute atomic E-state index is 12.9. The minimum Gasteiger partial charge on any atom is -0.335 e. The predicted octanol–water partition coefficient (Wildman–Crippen LogP) is 2.22. The van der Waals surface area contributed by atoms with E-state index in [1.165, 1.54) is 24.0 Å². The van der Waals surface area contributed by atoms with Gasteiger partial charge in [-0.3, -0.25) is 4.90 Å². The van der Waals surface area contributed by atoms with Crippen LogP contribution in [0.5, 0.6) is 0 Å². The molecule has 9 heteroatoms. The van der Waals surface area contributed by atoms with Crippen LogP contribution in [0, 0.1) is 5.41 Å². The Morgan fingerprint density at radius 1 is 1.24 bits per heavy atom. The lowest BCUT2D eigenvalue weighted by Crippen LogP contribution is -2.61. The van der Waals surface area contributed by atoms with E-state index in [9.17, 15) is 13.2 Å². The average Bonchev–Trinajstić information content (AvgIpc) is 3.40. The maximum atomic E-state index is 12.9. The molecule has 1 aliphatic carbocycles. The lowest BCUT2D eigenvalue weighted by molar-refractivity contribution is 0.0802. The number of nitrogens with one attached hydrogen (secondary N) is 2. The fourth-order valence-corrected chi connectivity index (χ4v) is 6.90. The fraction of sp³-hybridized carbons (Fsp3) is 0.750. The highest BCUT2D eigenvalue weighted by atomic mass is 32.2. The topological polar surface area (TPSA) is 81.8 Å². The van der Waals surface area contributed by atoms with E-state index in [4.69, 9.17) is 0 Å². The number of hydrogen-bond acceptors (Lipinski definition) is 5. The summed E-state index contributed by atoms with van der Waals surface area (Å²) in [6.45, 7) is 3.83. The van der Waals surface area contributed by atoms with Crippen LogP contribution < -0.4 is 10.0 Å². The molecule has 1 aromatic heterocycles. The number of sulfonamides is 1. The molecule has 0 bridgehead atoms. The van der Waals surface area contributed by atoms with Gasteiger partial charge in [-0.1, -0.05) is 18.9 Å². The number of thiophene rings is 1. The third-order valence-electron chi connectivity index (χ3n) is 6.68. The van der Waals surface area contributed by atoms with E-state index >= 15 is 0 Å². The third-order valence-corrected chi connectivity index (χ3v) is 8.26. The molecule has 29 heavy (non-hydrogen) atoms. The summed E-state index contributed by atoms with van der Waals surface area (Å²) in [5.74, 6) is 0. The molecule has 1 saturated carbocycles. The monoisotopic (exact) mass is 440 g/mol. The molecule has 2 aliphatic heterocycles. The molecule has 1 spiro atoms. The molecule has 0 radical (unpaired) electrons. The van der Waals surface area contributed by atoms with Crippen LogP contribution in [0.15, 0.2) is 17.5 Å². The standard InChI is InChI=1S/C20H32N4O3S2/c1-29(26,27)22-18-8-10-24(19(25)21-16-5-2-3-6-16)15-20(18)9-11-23(14-20)13-17-7-4-12-28-17/h4,7,12,16,18,22H,2-3,5-6,8-11,13-15H2,1H3,(H,21,25). The van der Waals surface area contributed by atoms with E-state index in [1.54, 1.807) is 11.3 Å². The van der Waals surface area contributed by atoms with Gasteiger partial charge in [-0.25, -0.2) is 17.9 Å². The maximum Gasteiger partial charge on any atom is 0.317 e. The zero-order chi connectivity index (χ0) is 20.5. The number of carbonyl (C=O) groups is 1. The first-order valence-corrected chi connectivity index (χ1v) is 13.4. The Hall–Kier alpha value is -1.16. The zero-order valence-electron chi connectivity index (χ0n) is 17.1. The minimum absolute atomic E-state index is 0.0192. The molecule has 2 unspecified atom stereocenters. The van der Waals surface area contributed by atoms with Gasteiger partial charge in [-0.15, -0.1) is 11.3 Å². The number of urea groups is 1. The Kier molecular flexibility index (Phi) is 6.20. The zero-order valence-corrected chi connectivity index (χ0v) is 18.7. The Morgan fingerprint density at radius 2 is 2.03 bits per heavy atom. The summed E-state index contributed by atoms with van der Waals surface area (Å²) in [6.07, 6.45) is 7.31. The third kappa shape index (κ3) is 5.13. The molecular formula is C20H32N4O3S2. The van der Waals surface area contributed by atoms with Gasteiger partial charge in [0.15, 0.2) is 0 Å². The van der Waals surface area contributed by atoms with E-state index < -0.39 is 10.0 Å². The normalized spacial score (nSPS) is 29.0. The fourth-order valence-electron chi connectivity index (χ4n) is 5.27. The van der Waals surface area contributed by atoms with E-state index in [0.29, 0.717) is 25.6 Å². The van der Waals surface area contributed by atoms with Crippen molar-refractivity contribution in [1.82, 2.24) is 19.8 Å². The molecular weight excluding hydrogens is 408 g/mol. The first-order valence-electron chi connectivity index (χ1n) is 10.6. The Labute approximate surface area is 177 Å². The molecule has 3 aliphatic rings. The summed E-state index contributed by atoms with van der Waals surface area (Å²) in [6, 6.07) is 4.40. The average molecular weight is 441 g/mol. The van der Waals surface area contributed by atoms with Crippen LogP contribution in [0.3, 0.4) is 0 Å². The van der Waals surface area contributed by atoms with Crippen molar-refractivity contribution in [3.05, 3.63) is 22.4 Å². The molecule has 3 fully saturated rings. The quantitative estimate of drug-likeness (QED) is 0.736. The van der Waals surface area contributed by atoms with Gasteiger partial charge >= 0.3 is 6.03 Å². The van der Waals surface area contributed by atoms with E-state index in [0.717, 1.165) is 38.9 Å². The molecule has 162 valence electrons. The summed E-state index contributed by atoms with van der Waals surface area (Å²) < 4.78 is 26.9. The summed E-state index contributed by atoms with van der Waals surface area (Å²) in [7, 11) is -3.30. The highest BCUT2D eigenvalue weighted by molar-refractivity contribution is 7.88. The largest absolute Gasteiger partial charge is 0.335 e. The second-order valence-electron chi connectivity index (χ2n) is 8.99. The van der Waals surface area contributed by atoms with E-state index in [2.05, 4.69) is 32.5 Å². The summed E-state index contributed by atoms with van der Waals surface area (Å²) in [5, 5.41) is 5.29. The molecule has 0 aromatic carbocycles. The molecule has 7 nitrogen and oxygen atoms in total. The Bertz CT molecular complexity index is 808. The van der Waals surface area contributed by atoms with Crippen LogP contribution in [0.2, 0.25) is 0 Å². The second kappa shape index (κ2) is 8.53. The molecule has 2 atom stereocenters. The number of hydrogen-bond donors (Lipinski definition) is 2. The van der Waals surface area contributed by atoms with Crippen molar-refractivity contribution in [3.8, 4) is 0 Å². The van der Waals surface area contributed by atoms with Crippen molar-refractivity contribution in [1.29, 1.82) is 0 Å². The minimum atomic E-state index is -3.30. The van der Waals surface area contributed by atoms with Crippen molar-refractivity contribution in [2.75, 3.05) is 32.4 Å². The van der Waals surface area contributed by atoms with Crippen LogP contribution in [0.25, 0.3) is 0 Å².